The summed E-state index contributed by atoms with van der Waals surface area (Å²) >= 11 is 12.3. The maximum atomic E-state index is 11.4. The molecule has 156 valence electrons. The molecule has 31 heavy (non-hydrogen) atoms. The van der Waals surface area contributed by atoms with Gasteiger partial charge in [0.1, 0.15) is 10.8 Å². The molecule has 0 unspecified atom stereocenters. The Hall–Kier alpha value is -3.09. The first-order valence-corrected chi connectivity index (χ1v) is 10.5. The number of nitro benzene ring substituents is 1. The zero-order valence-electron chi connectivity index (χ0n) is 16.5. The van der Waals surface area contributed by atoms with Crippen LogP contribution in [0.3, 0.4) is 0 Å². The molecule has 0 fully saturated rings. The quantitative estimate of drug-likeness (QED) is 0.337. The Morgan fingerprint density at radius 1 is 1.10 bits per heavy atom. The minimum absolute atomic E-state index is 0.0820. The van der Waals surface area contributed by atoms with Crippen molar-refractivity contribution in [3.05, 3.63) is 103 Å². The van der Waals surface area contributed by atoms with E-state index in [2.05, 4.69) is 24.3 Å². The first kappa shape index (κ1) is 19.8. The van der Waals surface area contributed by atoms with Gasteiger partial charge in [0.2, 0.25) is 6.23 Å². The Labute approximate surface area is 188 Å². The van der Waals surface area contributed by atoms with Gasteiger partial charge >= 0.3 is 0 Å². The fourth-order valence-electron chi connectivity index (χ4n) is 4.02. The van der Waals surface area contributed by atoms with Crippen molar-refractivity contribution < 1.29 is 9.66 Å². The zero-order valence-corrected chi connectivity index (χ0v) is 18.0. The molecular formula is C23H17Cl2N3O3. The summed E-state index contributed by atoms with van der Waals surface area (Å²) < 4.78 is 6.26. The average Bonchev–Trinajstić information content (AvgIpc) is 3.20. The molecular weight excluding hydrogens is 437 g/mol. The van der Waals surface area contributed by atoms with Gasteiger partial charge in [-0.2, -0.15) is 5.10 Å². The van der Waals surface area contributed by atoms with E-state index in [-0.39, 0.29) is 16.8 Å². The van der Waals surface area contributed by atoms with Crippen molar-refractivity contribution in [1.29, 1.82) is 0 Å². The summed E-state index contributed by atoms with van der Waals surface area (Å²) in [6, 6.07) is 18.3. The summed E-state index contributed by atoms with van der Waals surface area (Å²) in [5.41, 5.74) is 4.52. The number of halogens is 2. The largest absolute Gasteiger partial charge is 0.464 e. The van der Waals surface area contributed by atoms with Gasteiger partial charge in [-0.15, -0.1) is 0 Å². The number of rotatable bonds is 3. The van der Waals surface area contributed by atoms with Crippen molar-refractivity contribution in [3.63, 3.8) is 0 Å². The highest BCUT2D eigenvalue weighted by Crippen LogP contribution is 2.48. The summed E-state index contributed by atoms with van der Waals surface area (Å²) in [6.45, 7) is 2.04. The third-order valence-electron chi connectivity index (χ3n) is 5.59. The van der Waals surface area contributed by atoms with Crippen molar-refractivity contribution >= 4 is 34.6 Å². The van der Waals surface area contributed by atoms with Crippen LogP contribution in [0.2, 0.25) is 10.0 Å². The topological polar surface area (TPSA) is 68.0 Å². The first-order valence-electron chi connectivity index (χ1n) is 9.73. The monoisotopic (exact) mass is 453 g/mol. The number of benzene rings is 3. The summed E-state index contributed by atoms with van der Waals surface area (Å²) in [6.07, 6.45) is 0.0453. The molecule has 0 amide bonds. The third-order valence-corrected chi connectivity index (χ3v) is 6.14. The smallest absolute Gasteiger partial charge is 0.288 e. The van der Waals surface area contributed by atoms with E-state index in [1.807, 2.05) is 24.1 Å². The molecule has 3 aromatic carbocycles. The van der Waals surface area contributed by atoms with Crippen molar-refractivity contribution in [2.75, 3.05) is 0 Å². The Morgan fingerprint density at radius 2 is 1.87 bits per heavy atom. The van der Waals surface area contributed by atoms with Gasteiger partial charge in [0.25, 0.3) is 5.69 Å². The van der Waals surface area contributed by atoms with Crippen molar-refractivity contribution in [1.82, 2.24) is 5.01 Å². The number of aryl methyl sites for hydroxylation is 1. The molecule has 0 spiro atoms. The molecule has 3 aromatic rings. The van der Waals surface area contributed by atoms with Gasteiger partial charge in [0.05, 0.1) is 16.7 Å². The Kier molecular flexibility index (Phi) is 4.84. The fraction of sp³-hybridized carbons (Fsp3) is 0.174. The van der Waals surface area contributed by atoms with Gasteiger partial charge in [-0.05, 0) is 36.8 Å². The van der Waals surface area contributed by atoms with Crippen LogP contribution in [0.4, 0.5) is 5.69 Å². The Balaban J connectivity index is 1.61. The number of fused-ring (bicyclic) bond motifs is 3. The lowest BCUT2D eigenvalue weighted by Crippen LogP contribution is -2.33. The first-order chi connectivity index (χ1) is 14.9. The minimum Gasteiger partial charge on any atom is -0.464 e. The molecule has 8 heteroatoms. The lowest BCUT2D eigenvalue weighted by molar-refractivity contribution is -0.384. The molecule has 0 aromatic heterocycles. The number of hydrogen-bond donors (Lipinski definition) is 0. The van der Waals surface area contributed by atoms with Gasteiger partial charge in [0.15, 0.2) is 0 Å². The van der Waals surface area contributed by atoms with Gasteiger partial charge < -0.3 is 4.74 Å². The van der Waals surface area contributed by atoms with E-state index in [0.717, 1.165) is 16.8 Å². The molecule has 2 atom stereocenters. The van der Waals surface area contributed by atoms with Crippen molar-refractivity contribution in [2.24, 2.45) is 5.10 Å². The molecule has 2 aliphatic heterocycles. The predicted molar refractivity (Wildman–Crippen MR) is 120 cm³/mol. The molecule has 0 saturated carbocycles. The zero-order chi connectivity index (χ0) is 21.7. The van der Waals surface area contributed by atoms with Crippen molar-refractivity contribution in [3.8, 4) is 5.75 Å². The summed E-state index contributed by atoms with van der Waals surface area (Å²) in [5, 5.41) is 18.8. The van der Waals surface area contributed by atoms with Gasteiger partial charge in [-0.3, -0.25) is 10.1 Å². The molecule has 2 aliphatic rings. The average molecular weight is 454 g/mol. The van der Waals surface area contributed by atoms with Gasteiger partial charge in [-0.25, -0.2) is 5.01 Å². The van der Waals surface area contributed by atoms with E-state index in [9.17, 15) is 10.1 Å². The predicted octanol–water partition coefficient (Wildman–Crippen LogP) is 6.45. The lowest BCUT2D eigenvalue weighted by atomic mass is 9.95. The highest BCUT2D eigenvalue weighted by Gasteiger charge is 2.41. The van der Waals surface area contributed by atoms with E-state index in [0.29, 0.717) is 22.8 Å². The standard InChI is InChI=1S/C23H17Cl2N3O3/c1-13-2-4-14(5-3-13)19-12-20-17-11-16(24)7-9-22(17)31-23(27(20)26-19)15-6-8-18(25)21(10-15)28(29)30/h2-11,20,23H,12H2,1H3/t20-,23+/m1/s1. The van der Waals surface area contributed by atoms with Gasteiger partial charge in [0, 0.05) is 28.6 Å². The van der Waals surface area contributed by atoms with Crippen LogP contribution in [0, 0.1) is 17.0 Å². The van der Waals surface area contributed by atoms with E-state index < -0.39 is 11.2 Å². The van der Waals surface area contributed by atoms with Crippen LogP contribution >= 0.6 is 23.2 Å². The maximum Gasteiger partial charge on any atom is 0.288 e. The van der Waals surface area contributed by atoms with Crippen LogP contribution in [0.1, 0.15) is 40.9 Å². The molecule has 0 radical (unpaired) electrons. The second kappa shape index (κ2) is 7.55. The minimum atomic E-state index is -0.627. The normalized spacial score (nSPS) is 19.3. The van der Waals surface area contributed by atoms with E-state index in [1.54, 1.807) is 12.1 Å². The highest BCUT2D eigenvalue weighted by molar-refractivity contribution is 6.32. The maximum absolute atomic E-state index is 11.4. The van der Waals surface area contributed by atoms with Crippen LogP contribution < -0.4 is 4.74 Å². The number of nitro groups is 1. The fourth-order valence-corrected chi connectivity index (χ4v) is 4.39. The molecule has 0 N–H and O–H groups in total. The van der Waals surface area contributed by atoms with Crippen molar-refractivity contribution in [2.45, 2.75) is 25.6 Å². The lowest BCUT2D eigenvalue weighted by Gasteiger charge is -2.38. The second-order valence-corrected chi connectivity index (χ2v) is 8.48. The SMILES string of the molecule is Cc1ccc(C2=NN3[C@H](C2)c2cc(Cl)ccc2O[C@H]3c2ccc(Cl)c([N+](=O)[O-])c2)cc1. The van der Waals surface area contributed by atoms with Crippen LogP contribution in [-0.4, -0.2) is 15.6 Å². The van der Waals surface area contributed by atoms with Crippen LogP contribution in [0.5, 0.6) is 5.75 Å². The van der Waals surface area contributed by atoms with Gasteiger partial charge in [-0.1, -0.05) is 59.1 Å². The molecule has 6 nitrogen and oxygen atoms in total. The molecule has 0 bridgehead atoms. The molecule has 5 rings (SSSR count). The van der Waals surface area contributed by atoms with E-state index in [4.69, 9.17) is 33.0 Å². The Morgan fingerprint density at radius 3 is 2.61 bits per heavy atom. The Bertz CT molecular complexity index is 1230. The molecule has 2 heterocycles. The second-order valence-electron chi connectivity index (χ2n) is 7.63. The summed E-state index contributed by atoms with van der Waals surface area (Å²) in [7, 11) is 0. The molecule has 0 aliphatic carbocycles. The van der Waals surface area contributed by atoms with E-state index >= 15 is 0 Å². The number of hydrazone groups is 1. The van der Waals surface area contributed by atoms with Crippen LogP contribution in [0.25, 0.3) is 0 Å². The van der Waals surface area contributed by atoms with Crippen LogP contribution in [0.15, 0.2) is 65.8 Å². The summed E-state index contributed by atoms with van der Waals surface area (Å²) in [4.78, 5) is 10.9. The molecule has 0 saturated heterocycles. The van der Waals surface area contributed by atoms with Crippen LogP contribution in [-0.2, 0) is 0 Å². The third kappa shape index (κ3) is 3.52. The summed E-state index contributed by atoms with van der Waals surface area (Å²) in [5.74, 6) is 0.689. The number of nitrogens with zero attached hydrogens (tertiary/aromatic N) is 3. The number of ether oxygens (including phenoxy) is 1. The highest BCUT2D eigenvalue weighted by atomic mass is 35.5. The number of hydrogen-bond acceptors (Lipinski definition) is 5. The van der Waals surface area contributed by atoms with E-state index in [1.165, 1.54) is 17.7 Å².